The molecule has 0 radical (unpaired) electrons. The summed E-state index contributed by atoms with van der Waals surface area (Å²) in [6.07, 6.45) is 4.85. The van der Waals surface area contributed by atoms with Crippen molar-refractivity contribution in [1.82, 2.24) is 19.7 Å². The van der Waals surface area contributed by atoms with Crippen LogP contribution in [0.4, 0.5) is 15.8 Å². The molecule has 0 bridgehead atoms. The zero-order valence-corrected chi connectivity index (χ0v) is 16.1. The molecule has 7 nitrogen and oxygen atoms in total. The Labute approximate surface area is 170 Å². The van der Waals surface area contributed by atoms with Gasteiger partial charge in [0, 0.05) is 28.7 Å². The second-order valence-electron chi connectivity index (χ2n) is 6.49. The Morgan fingerprint density at radius 1 is 1.21 bits per heavy atom. The summed E-state index contributed by atoms with van der Waals surface area (Å²) in [5.74, 6) is -0.925. The summed E-state index contributed by atoms with van der Waals surface area (Å²) in [6, 6.07) is 7.83. The van der Waals surface area contributed by atoms with Crippen LogP contribution in [0.25, 0.3) is 22.3 Å². The number of benzene rings is 1. The smallest absolute Gasteiger partial charge is 0.239 e. The molecule has 3 aromatic heterocycles. The lowest BCUT2D eigenvalue weighted by Crippen LogP contribution is -2.19. The van der Waals surface area contributed by atoms with Gasteiger partial charge in [-0.25, -0.2) is 4.39 Å². The zero-order chi connectivity index (χ0) is 20.5. The van der Waals surface area contributed by atoms with E-state index >= 15 is 0 Å². The van der Waals surface area contributed by atoms with E-state index < -0.39 is 11.7 Å². The van der Waals surface area contributed by atoms with Crippen molar-refractivity contribution in [3.05, 3.63) is 65.3 Å². The summed E-state index contributed by atoms with van der Waals surface area (Å²) in [5.41, 5.74) is 9.56. The number of nitrogens with two attached hydrogens (primary N) is 1. The van der Waals surface area contributed by atoms with Gasteiger partial charge in [-0.05, 0) is 42.8 Å². The number of pyridine rings is 2. The fourth-order valence-corrected chi connectivity index (χ4v) is 3.20. The molecule has 0 spiro atoms. The second kappa shape index (κ2) is 7.48. The van der Waals surface area contributed by atoms with Crippen LogP contribution in [-0.4, -0.2) is 25.7 Å². The number of fused-ring (bicyclic) bond motifs is 1. The predicted molar refractivity (Wildman–Crippen MR) is 109 cm³/mol. The number of hydrogen-bond acceptors (Lipinski definition) is 5. The third kappa shape index (κ3) is 3.74. The highest BCUT2D eigenvalue weighted by molar-refractivity contribution is 6.30. The molecule has 0 aliphatic heterocycles. The normalized spacial score (nSPS) is 11.0. The molecule has 0 saturated carbocycles. The van der Waals surface area contributed by atoms with E-state index in [0.717, 1.165) is 5.56 Å². The molecule has 4 rings (SSSR count). The number of aryl methyl sites for hydroxylation is 1. The van der Waals surface area contributed by atoms with Crippen LogP contribution < -0.4 is 11.1 Å². The Morgan fingerprint density at radius 3 is 2.83 bits per heavy atom. The van der Waals surface area contributed by atoms with Crippen molar-refractivity contribution < 1.29 is 9.18 Å². The van der Waals surface area contributed by atoms with Gasteiger partial charge in [0.2, 0.25) is 5.91 Å². The average molecular weight is 411 g/mol. The van der Waals surface area contributed by atoms with Crippen LogP contribution in [0.15, 0.2) is 48.9 Å². The van der Waals surface area contributed by atoms with E-state index in [4.69, 9.17) is 17.3 Å². The molecule has 0 unspecified atom stereocenters. The van der Waals surface area contributed by atoms with Crippen molar-refractivity contribution in [3.8, 4) is 11.3 Å². The molecule has 0 atom stereocenters. The lowest BCUT2D eigenvalue weighted by Gasteiger charge is -2.13. The molecule has 0 fully saturated rings. The quantitative estimate of drug-likeness (QED) is 0.521. The van der Waals surface area contributed by atoms with E-state index in [-0.39, 0.29) is 6.54 Å². The first-order valence-corrected chi connectivity index (χ1v) is 9.08. The third-order valence-electron chi connectivity index (χ3n) is 4.41. The molecular weight excluding hydrogens is 395 g/mol. The summed E-state index contributed by atoms with van der Waals surface area (Å²) in [4.78, 5) is 20.0. The van der Waals surface area contributed by atoms with Crippen molar-refractivity contribution in [3.63, 3.8) is 0 Å². The SMILES string of the molecule is Cc1cnc(-c2cc(Cl)ccc2F)cc1Nc1ccnc2cnn(CC(N)=O)c12. The topological polar surface area (TPSA) is 98.7 Å². The Morgan fingerprint density at radius 2 is 2.03 bits per heavy atom. The number of hydrogen-bond donors (Lipinski definition) is 2. The van der Waals surface area contributed by atoms with E-state index in [1.165, 1.54) is 22.9 Å². The van der Waals surface area contributed by atoms with Crippen LogP contribution in [0.2, 0.25) is 5.02 Å². The lowest BCUT2D eigenvalue weighted by molar-refractivity contribution is -0.118. The lowest BCUT2D eigenvalue weighted by atomic mass is 10.1. The number of halogens is 2. The molecule has 0 aliphatic carbocycles. The van der Waals surface area contributed by atoms with E-state index in [2.05, 4.69) is 20.4 Å². The Hall–Kier alpha value is -3.52. The van der Waals surface area contributed by atoms with Crippen LogP contribution in [0, 0.1) is 12.7 Å². The summed E-state index contributed by atoms with van der Waals surface area (Å²) >= 11 is 6.01. The summed E-state index contributed by atoms with van der Waals surface area (Å²) in [6.45, 7) is 1.81. The number of nitrogens with one attached hydrogen (secondary N) is 1. The van der Waals surface area contributed by atoms with Crippen LogP contribution in [0.3, 0.4) is 0 Å². The molecule has 9 heteroatoms. The number of carbonyl (C=O) groups is 1. The number of rotatable bonds is 5. The van der Waals surface area contributed by atoms with Crippen molar-refractivity contribution >= 4 is 39.9 Å². The van der Waals surface area contributed by atoms with E-state index in [1.54, 1.807) is 30.7 Å². The van der Waals surface area contributed by atoms with Crippen LogP contribution in [-0.2, 0) is 11.3 Å². The van der Waals surface area contributed by atoms with Gasteiger partial charge in [-0.15, -0.1) is 0 Å². The van der Waals surface area contributed by atoms with Gasteiger partial charge in [-0.2, -0.15) is 5.10 Å². The maximum Gasteiger partial charge on any atom is 0.239 e. The molecule has 1 amide bonds. The van der Waals surface area contributed by atoms with Gasteiger partial charge in [0.1, 0.15) is 23.4 Å². The summed E-state index contributed by atoms with van der Waals surface area (Å²) in [7, 11) is 0. The Balaban J connectivity index is 1.78. The van der Waals surface area contributed by atoms with Crippen LogP contribution >= 0.6 is 11.6 Å². The van der Waals surface area contributed by atoms with Crippen molar-refractivity contribution in [2.75, 3.05) is 5.32 Å². The zero-order valence-electron chi connectivity index (χ0n) is 15.4. The van der Waals surface area contributed by atoms with Crippen molar-refractivity contribution in [2.24, 2.45) is 5.73 Å². The Kier molecular flexibility index (Phi) is 4.85. The maximum absolute atomic E-state index is 14.3. The van der Waals surface area contributed by atoms with Crippen LogP contribution in [0.1, 0.15) is 5.56 Å². The minimum Gasteiger partial charge on any atom is -0.368 e. The van der Waals surface area contributed by atoms with Gasteiger partial charge in [0.25, 0.3) is 0 Å². The first kappa shape index (κ1) is 18.8. The number of primary amides is 1. The largest absolute Gasteiger partial charge is 0.368 e. The molecule has 3 N–H and O–H groups in total. The second-order valence-corrected chi connectivity index (χ2v) is 6.93. The van der Waals surface area contributed by atoms with Gasteiger partial charge < -0.3 is 11.1 Å². The molecular formula is C20H16ClFN6O. The Bertz CT molecular complexity index is 1240. The third-order valence-corrected chi connectivity index (χ3v) is 4.65. The molecule has 1 aromatic carbocycles. The summed E-state index contributed by atoms with van der Waals surface area (Å²) in [5, 5.41) is 7.91. The van der Waals surface area contributed by atoms with Gasteiger partial charge in [0.05, 0.1) is 17.6 Å². The minimum absolute atomic E-state index is 0.0713. The molecule has 29 heavy (non-hydrogen) atoms. The van der Waals surface area contributed by atoms with Gasteiger partial charge >= 0.3 is 0 Å². The first-order valence-electron chi connectivity index (χ1n) is 8.70. The molecule has 3 heterocycles. The van der Waals surface area contributed by atoms with E-state index in [1.807, 2.05) is 6.92 Å². The molecule has 146 valence electrons. The molecule has 0 aliphatic rings. The standard InChI is InChI=1S/C20H16ClFN6O/c1-11-8-25-17(13-6-12(21)2-3-14(13)22)7-16(11)27-15-4-5-24-18-9-26-28(20(15)18)10-19(23)29/h2-9H,10H2,1H3,(H2,23,29)(H,24,25,27). The highest BCUT2D eigenvalue weighted by atomic mass is 35.5. The molecule has 4 aromatic rings. The fourth-order valence-electron chi connectivity index (χ4n) is 3.03. The fraction of sp³-hybridized carbons (Fsp3) is 0.100. The highest BCUT2D eigenvalue weighted by Gasteiger charge is 2.14. The predicted octanol–water partition coefficient (Wildman–Crippen LogP) is 3.82. The van der Waals surface area contributed by atoms with E-state index in [9.17, 15) is 9.18 Å². The van der Waals surface area contributed by atoms with Gasteiger partial charge in [-0.1, -0.05) is 11.6 Å². The van der Waals surface area contributed by atoms with Crippen LogP contribution in [0.5, 0.6) is 0 Å². The van der Waals surface area contributed by atoms with Crippen molar-refractivity contribution in [2.45, 2.75) is 13.5 Å². The van der Waals surface area contributed by atoms with Gasteiger partial charge in [0.15, 0.2) is 0 Å². The maximum atomic E-state index is 14.3. The highest BCUT2D eigenvalue weighted by Crippen LogP contribution is 2.31. The summed E-state index contributed by atoms with van der Waals surface area (Å²) < 4.78 is 15.8. The first-order chi connectivity index (χ1) is 13.9. The van der Waals surface area contributed by atoms with Crippen molar-refractivity contribution in [1.29, 1.82) is 0 Å². The number of aromatic nitrogens is 4. The average Bonchev–Trinajstić information content (AvgIpc) is 3.09. The monoisotopic (exact) mass is 410 g/mol. The van der Waals surface area contributed by atoms with Gasteiger partial charge in [-0.3, -0.25) is 19.4 Å². The molecule has 0 saturated heterocycles. The van der Waals surface area contributed by atoms with E-state index in [0.29, 0.717) is 38.7 Å². The number of carbonyl (C=O) groups excluding carboxylic acids is 1. The minimum atomic E-state index is -0.511. The number of amides is 1. The number of nitrogens with zero attached hydrogens (tertiary/aromatic N) is 4. The number of anilines is 2.